The van der Waals surface area contributed by atoms with Gasteiger partial charge >= 0.3 is 0 Å². The van der Waals surface area contributed by atoms with Crippen molar-refractivity contribution in [3.63, 3.8) is 0 Å². The molecule has 0 radical (unpaired) electrons. The van der Waals surface area contributed by atoms with Crippen molar-refractivity contribution in [1.82, 2.24) is 10.6 Å². The van der Waals surface area contributed by atoms with E-state index in [1.165, 1.54) is 0 Å². The van der Waals surface area contributed by atoms with Crippen LogP contribution in [0.15, 0.2) is 42.1 Å². The van der Waals surface area contributed by atoms with Crippen LogP contribution in [0.1, 0.15) is 10.4 Å². The summed E-state index contributed by atoms with van der Waals surface area (Å²) >= 11 is 6.45. The van der Waals surface area contributed by atoms with Crippen LogP contribution >= 0.6 is 23.6 Å². The van der Waals surface area contributed by atoms with Crippen LogP contribution < -0.4 is 10.6 Å². The van der Waals surface area contributed by atoms with Crippen molar-refractivity contribution < 1.29 is 4.79 Å². The fourth-order valence-electron chi connectivity index (χ4n) is 1.92. The smallest absolute Gasteiger partial charge is 0.273 e. The lowest BCUT2D eigenvalue weighted by Crippen LogP contribution is -2.21. The van der Waals surface area contributed by atoms with Crippen LogP contribution in [0, 0.1) is 11.3 Å². The Bertz CT molecular complexity index is 797. The van der Waals surface area contributed by atoms with Gasteiger partial charge in [0.25, 0.3) is 5.91 Å². The van der Waals surface area contributed by atoms with Gasteiger partial charge in [-0.25, -0.2) is 0 Å². The minimum absolute atomic E-state index is 0.215. The number of rotatable bonds is 2. The molecule has 4 nitrogen and oxygen atoms in total. The molecule has 2 aromatic rings. The number of carbonyl (C=O) groups is 1. The Morgan fingerprint density at radius 3 is 2.52 bits per heavy atom. The second-order valence-electron chi connectivity index (χ2n) is 4.36. The number of hydrogen-bond donors (Lipinski definition) is 2. The van der Waals surface area contributed by atoms with E-state index in [0.717, 1.165) is 15.3 Å². The largest absolute Gasteiger partial charge is 0.328 e. The Balaban J connectivity index is 1.86. The molecular formula is C15H9N3OS2. The average Bonchev–Trinajstić information content (AvgIpc) is 3.07. The van der Waals surface area contributed by atoms with Gasteiger partial charge in [-0.05, 0) is 48.1 Å². The van der Waals surface area contributed by atoms with Crippen LogP contribution in [-0.2, 0) is 4.79 Å². The number of thiophene rings is 1. The number of benzene rings is 1. The summed E-state index contributed by atoms with van der Waals surface area (Å²) in [5.41, 5.74) is 2.13. The summed E-state index contributed by atoms with van der Waals surface area (Å²) < 4.78 is 0. The van der Waals surface area contributed by atoms with Gasteiger partial charge in [0.2, 0.25) is 0 Å². The van der Waals surface area contributed by atoms with E-state index in [1.54, 1.807) is 29.5 Å². The van der Waals surface area contributed by atoms with E-state index in [2.05, 4.69) is 16.7 Å². The number of nitrogens with one attached hydrogen (secondary N) is 2. The molecule has 2 heterocycles. The van der Waals surface area contributed by atoms with E-state index >= 15 is 0 Å². The highest BCUT2D eigenvalue weighted by Gasteiger charge is 2.20. The molecule has 0 aliphatic carbocycles. The Kier molecular flexibility index (Phi) is 3.52. The highest BCUT2D eigenvalue weighted by molar-refractivity contribution is 7.80. The third-order valence-electron chi connectivity index (χ3n) is 2.93. The number of nitriles is 1. The van der Waals surface area contributed by atoms with Gasteiger partial charge in [0, 0.05) is 9.75 Å². The van der Waals surface area contributed by atoms with Gasteiger partial charge in [-0.3, -0.25) is 10.1 Å². The number of nitrogens with zero attached hydrogens (tertiary/aromatic N) is 1. The van der Waals surface area contributed by atoms with Crippen LogP contribution in [0.5, 0.6) is 0 Å². The number of amides is 1. The molecule has 1 saturated heterocycles. The molecule has 1 fully saturated rings. The highest BCUT2D eigenvalue weighted by atomic mass is 32.1. The zero-order valence-corrected chi connectivity index (χ0v) is 12.3. The van der Waals surface area contributed by atoms with E-state index < -0.39 is 0 Å². The maximum atomic E-state index is 11.6. The lowest BCUT2D eigenvalue weighted by atomic mass is 10.1. The summed E-state index contributed by atoms with van der Waals surface area (Å²) in [6.07, 6.45) is 1.77. The molecular weight excluding hydrogens is 302 g/mol. The van der Waals surface area contributed by atoms with Gasteiger partial charge in [-0.2, -0.15) is 5.26 Å². The van der Waals surface area contributed by atoms with Crippen LogP contribution in [0.25, 0.3) is 16.5 Å². The first kappa shape index (κ1) is 13.5. The predicted octanol–water partition coefficient (Wildman–Crippen LogP) is 2.63. The average molecular weight is 311 g/mol. The molecule has 1 aromatic heterocycles. The molecule has 0 saturated carbocycles. The van der Waals surface area contributed by atoms with Crippen molar-refractivity contribution in [2.75, 3.05) is 0 Å². The maximum Gasteiger partial charge on any atom is 0.273 e. The van der Waals surface area contributed by atoms with Crippen LogP contribution in [0.4, 0.5) is 0 Å². The minimum atomic E-state index is -0.215. The van der Waals surface area contributed by atoms with Gasteiger partial charge in [0.1, 0.15) is 5.70 Å². The monoisotopic (exact) mass is 311 g/mol. The molecule has 1 amide bonds. The van der Waals surface area contributed by atoms with Gasteiger partial charge in [0.15, 0.2) is 5.11 Å². The van der Waals surface area contributed by atoms with E-state index in [-0.39, 0.29) is 5.91 Å². The third kappa shape index (κ3) is 2.84. The standard InChI is InChI=1S/C15H9N3OS2/c16-8-9-1-3-10(4-2-9)13-6-5-11(21-13)7-12-14(19)18-15(20)17-12/h1-7H,(H2,17,18,19,20). The molecule has 0 bridgehead atoms. The summed E-state index contributed by atoms with van der Waals surface area (Å²) in [4.78, 5) is 13.6. The maximum absolute atomic E-state index is 11.6. The molecule has 6 heteroatoms. The van der Waals surface area contributed by atoms with Crippen molar-refractivity contribution in [1.29, 1.82) is 5.26 Å². The van der Waals surface area contributed by atoms with Crippen molar-refractivity contribution in [3.8, 4) is 16.5 Å². The number of hydrogen-bond acceptors (Lipinski definition) is 4. The van der Waals surface area contributed by atoms with E-state index in [4.69, 9.17) is 17.5 Å². The molecule has 2 N–H and O–H groups in total. The fourth-order valence-corrected chi connectivity index (χ4v) is 3.08. The van der Waals surface area contributed by atoms with Crippen molar-refractivity contribution >= 4 is 40.7 Å². The molecule has 102 valence electrons. The second-order valence-corrected chi connectivity index (χ2v) is 5.88. The van der Waals surface area contributed by atoms with E-state index in [0.29, 0.717) is 16.4 Å². The number of thiocarbonyl (C=S) groups is 1. The molecule has 1 aromatic carbocycles. The molecule has 3 rings (SSSR count). The molecule has 1 aliphatic rings. The van der Waals surface area contributed by atoms with Gasteiger partial charge < -0.3 is 5.32 Å². The summed E-state index contributed by atoms with van der Waals surface area (Å²) in [6.45, 7) is 0. The van der Waals surface area contributed by atoms with Crippen molar-refractivity contribution in [2.45, 2.75) is 0 Å². The first-order valence-electron chi connectivity index (χ1n) is 6.10. The van der Waals surface area contributed by atoms with Gasteiger partial charge in [-0.1, -0.05) is 12.1 Å². The molecule has 0 atom stereocenters. The predicted molar refractivity (Wildman–Crippen MR) is 86.3 cm³/mol. The number of carbonyl (C=O) groups excluding carboxylic acids is 1. The van der Waals surface area contributed by atoms with Crippen molar-refractivity contribution in [3.05, 3.63) is 52.5 Å². The van der Waals surface area contributed by atoms with Gasteiger partial charge in [0.05, 0.1) is 11.6 Å². The third-order valence-corrected chi connectivity index (χ3v) is 4.22. The topological polar surface area (TPSA) is 64.9 Å². The Hall–Kier alpha value is -2.49. The highest BCUT2D eigenvalue weighted by Crippen LogP contribution is 2.29. The van der Waals surface area contributed by atoms with Crippen molar-refractivity contribution in [2.24, 2.45) is 0 Å². The Labute approximate surface area is 130 Å². The SMILES string of the molecule is N#Cc1ccc(-c2ccc(C=C3NC(=S)NC3=O)s2)cc1. The molecule has 0 spiro atoms. The van der Waals surface area contributed by atoms with Crippen LogP contribution in [0.3, 0.4) is 0 Å². The summed E-state index contributed by atoms with van der Waals surface area (Å²) in [5, 5.41) is 14.5. The van der Waals surface area contributed by atoms with Gasteiger partial charge in [-0.15, -0.1) is 11.3 Å². The molecule has 0 unspecified atom stereocenters. The Morgan fingerprint density at radius 2 is 1.90 bits per heavy atom. The van der Waals surface area contributed by atoms with Crippen LogP contribution in [0.2, 0.25) is 0 Å². The lowest BCUT2D eigenvalue weighted by molar-refractivity contribution is -0.115. The molecule has 21 heavy (non-hydrogen) atoms. The van der Waals surface area contributed by atoms with E-state index in [1.807, 2.05) is 24.3 Å². The quantitative estimate of drug-likeness (QED) is 0.661. The fraction of sp³-hybridized carbons (Fsp3) is 0. The zero-order valence-electron chi connectivity index (χ0n) is 10.7. The first-order chi connectivity index (χ1) is 10.2. The summed E-state index contributed by atoms with van der Waals surface area (Å²) in [5.74, 6) is -0.215. The Morgan fingerprint density at radius 1 is 1.14 bits per heavy atom. The summed E-state index contributed by atoms with van der Waals surface area (Å²) in [6, 6.07) is 13.4. The lowest BCUT2D eigenvalue weighted by Gasteiger charge is -1.96. The van der Waals surface area contributed by atoms with E-state index in [9.17, 15) is 4.79 Å². The molecule has 1 aliphatic heterocycles. The first-order valence-corrected chi connectivity index (χ1v) is 7.32. The summed E-state index contributed by atoms with van der Waals surface area (Å²) in [7, 11) is 0. The van der Waals surface area contributed by atoms with Crippen LogP contribution in [-0.4, -0.2) is 11.0 Å². The normalized spacial score (nSPS) is 15.7. The minimum Gasteiger partial charge on any atom is -0.328 e. The zero-order chi connectivity index (χ0) is 14.8. The second kappa shape index (κ2) is 5.48.